The molecule has 0 spiro atoms. The number of urea groups is 1. The van der Waals surface area contributed by atoms with E-state index in [0.29, 0.717) is 17.3 Å². The van der Waals surface area contributed by atoms with Gasteiger partial charge >= 0.3 is 6.03 Å². The second-order valence-electron chi connectivity index (χ2n) is 7.61. The standard InChI is InChI=1S/C22H25N3O6/c1-29-18-10-13-5-6-16(15(13)11-19(18)30-2)23-20(26)8-7-17-21(27)25(22(28)24-17)12-14-4-3-9-31-14/h3-4,9-11,16-17H,5-8,12H2,1-2H3,(H,23,26)(H,24,28)/t16?,17-/m0/s1. The van der Waals surface area contributed by atoms with Crippen molar-refractivity contribution in [1.29, 1.82) is 0 Å². The topological polar surface area (TPSA) is 110 Å². The van der Waals surface area contributed by atoms with Crippen LogP contribution in [0.25, 0.3) is 0 Å². The van der Waals surface area contributed by atoms with Crippen molar-refractivity contribution in [3.8, 4) is 11.5 Å². The quantitative estimate of drug-likeness (QED) is 0.626. The van der Waals surface area contributed by atoms with Crippen LogP contribution in [-0.2, 0) is 22.6 Å². The van der Waals surface area contributed by atoms with Crippen molar-refractivity contribution in [2.24, 2.45) is 0 Å². The van der Waals surface area contributed by atoms with Gasteiger partial charge in [0.1, 0.15) is 11.8 Å². The first-order valence-electron chi connectivity index (χ1n) is 10.2. The normalized spacial score (nSPS) is 19.9. The molecule has 1 saturated heterocycles. The lowest BCUT2D eigenvalue weighted by Crippen LogP contribution is -2.33. The smallest absolute Gasteiger partial charge is 0.325 e. The third-order valence-corrected chi connectivity index (χ3v) is 5.72. The molecule has 9 nitrogen and oxygen atoms in total. The SMILES string of the molecule is COc1cc2c(cc1OC)C(NC(=O)CC[C@@H]1NC(=O)N(Cc3ccco3)C1=O)CC2. The van der Waals surface area contributed by atoms with Crippen LogP contribution >= 0.6 is 0 Å². The molecular weight excluding hydrogens is 402 g/mol. The Balaban J connectivity index is 1.33. The molecule has 0 saturated carbocycles. The van der Waals surface area contributed by atoms with Crippen molar-refractivity contribution in [3.05, 3.63) is 47.4 Å². The highest BCUT2D eigenvalue weighted by Gasteiger charge is 2.38. The number of fused-ring (bicyclic) bond motifs is 1. The number of amides is 4. The number of nitrogens with one attached hydrogen (secondary N) is 2. The van der Waals surface area contributed by atoms with Gasteiger partial charge in [-0.3, -0.25) is 14.5 Å². The number of rotatable bonds is 8. The van der Waals surface area contributed by atoms with E-state index in [2.05, 4.69) is 10.6 Å². The van der Waals surface area contributed by atoms with E-state index in [1.807, 2.05) is 12.1 Å². The van der Waals surface area contributed by atoms with E-state index in [-0.39, 0.29) is 37.2 Å². The lowest BCUT2D eigenvalue weighted by molar-refractivity contribution is -0.128. The van der Waals surface area contributed by atoms with Crippen LogP contribution in [0.5, 0.6) is 11.5 Å². The summed E-state index contributed by atoms with van der Waals surface area (Å²) in [6, 6.07) is 5.94. The second kappa shape index (κ2) is 8.71. The highest BCUT2D eigenvalue weighted by atomic mass is 16.5. The molecule has 1 aromatic heterocycles. The molecule has 4 amide bonds. The van der Waals surface area contributed by atoms with Crippen LogP contribution in [0.3, 0.4) is 0 Å². The molecule has 1 aliphatic carbocycles. The molecule has 4 rings (SSSR count). The van der Waals surface area contributed by atoms with Gasteiger partial charge in [0, 0.05) is 6.42 Å². The number of nitrogens with zero attached hydrogens (tertiary/aromatic N) is 1. The number of aryl methyl sites for hydroxylation is 1. The van der Waals surface area contributed by atoms with Crippen molar-refractivity contribution in [3.63, 3.8) is 0 Å². The Kier molecular flexibility index (Phi) is 5.83. The predicted molar refractivity (Wildman–Crippen MR) is 110 cm³/mol. The average Bonchev–Trinajstić information content (AvgIpc) is 3.48. The Morgan fingerprint density at radius 3 is 2.74 bits per heavy atom. The highest BCUT2D eigenvalue weighted by molar-refractivity contribution is 6.04. The predicted octanol–water partition coefficient (Wildman–Crippen LogP) is 2.30. The minimum absolute atomic E-state index is 0.0739. The molecule has 1 fully saturated rings. The summed E-state index contributed by atoms with van der Waals surface area (Å²) in [5.74, 6) is 1.30. The molecule has 2 aromatic rings. The first kappa shape index (κ1) is 20.8. The van der Waals surface area contributed by atoms with Crippen LogP contribution in [0.15, 0.2) is 34.9 Å². The van der Waals surface area contributed by atoms with Gasteiger partial charge in [0.2, 0.25) is 5.91 Å². The van der Waals surface area contributed by atoms with Crippen molar-refractivity contribution in [2.75, 3.05) is 14.2 Å². The van der Waals surface area contributed by atoms with Gasteiger partial charge in [0.25, 0.3) is 5.91 Å². The summed E-state index contributed by atoms with van der Waals surface area (Å²) < 4.78 is 15.9. The van der Waals surface area contributed by atoms with E-state index < -0.39 is 12.1 Å². The van der Waals surface area contributed by atoms with Gasteiger partial charge in [-0.2, -0.15) is 0 Å². The molecule has 0 radical (unpaired) electrons. The molecule has 2 N–H and O–H groups in total. The van der Waals surface area contributed by atoms with Gasteiger partial charge in [-0.05, 0) is 54.7 Å². The van der Waals surface area contributed by atoms with E-state index in [4.69, 9.17) is 13.9 Å². The van der Waals surface area contributed by atoms with Crippen LogP contribution in [0.1, 0.15) is 42.2 Å². The Morgan fingerprint density at radius 2 is 2.03 bits per heavy atom. The number of carbonyl (C=O) groups is 3. The number of benzene rings is 1. The van der Waals surface area contributed by atoms with E-state index >= 15 is 0 Å². The number of methoxy groups -OCH3 is 2. The molecule has 0 bridgehead atoms. The summed E-state index contributed by atoms with van der Waals surface area (Å²) in [5.41, 5.74) is 2.13. The molecule has 9 heteroatoms. The van der Waals surface area contributed by atoms with Crippen molar-refractivity contribution in [1.82, 2.24) is 15.5 Å². The van der Waals surface area contributed by atoms with Crippen LogP contribution in [0.4, 0.5) is 4.79 Å². The van der Waals surface area contributed by atoms with Crippen LogP contribution in [0, 0.1) is 0 Å². The maximum atomic E-state index is 12.5. The second-order valence-corrected chi connectivity index (χ2v) is 7.61. The minimum Gasteiger partial charge on any atom is -0.493 e. The zero-order chi connectivity index (χ0) is 22.0. The number of hydrogen-bond donors (Lipinski definition) is 2. The van der Waals surface area contributed by atoms with Crippen molar-refractivity contribution in [2.45, 2.75) is 44.3 Å². The Bertz CT molecular complexity index is 987. The van der Waals surface area contributed by atoms with E-state index in [0.717, 1.165) is 28.9 Å². The third kappa shape index (κ3) is 4.21. The fourth-order valence-electron chi connectivity index (χ4n) is 4.11. The van der Waals surface area contributed by atoms with Gasteiger partial charge in [-0.1, -0.05) is 0 Å². The molecule has 2 atom stereocenters. The number of hydrogen-bond acceptors (Lipinski definition) is 6. The number of ether oxygens (including phenoxy) is 2. The van der Waals surface area contributed by atoms with Gasteiger partial charge < -0.3 is 24.5 Å². The molecule has 1 aromatic carbocycles. The summed E-state index contributed by atoms with van der Waals surface area (Å²) in [6.45, 7) is 0.0739. The van der Waals surface area contributed by atoms with Gasteiger partial charge in [-0.25, -0.2) is 4.79 Å². The lowest BCUT2D eigenvalue weighted by Gasteiger charge is -2.17. The third-order valence-electron chi connectivity index (χ3n) is 5.72. The number of imide groups is 1. The zero-order valence-electron chi connectivity index (χ0n) is 17.5. The lowest BCUT2D eigenvalue weighted by atomic mass is 10.1. The van der Waals surface area contributed by atoms with E-state index in [1.54, 1.807) is 26.4 Å². The largest absolute Gasteiger partial charge is 0.493 e. The maximum Gasteiger partial charge on any atom is 0.325 e. The fraction of sp³-hybridized carbons (Fsp3) is 0.409. The first-order valence-corrected chi connectivity index (χ1v) is 10.2. The molecule has 1 aliphatic heterocycles. The summed E-state index contributed by atoms with van der Waals surface area (Å²) in [5, 5.41) is 5.68. The molecular formula is C22H25N3O6. The number of furan rings is 1. The molecule has 31 heavy (non-hydrogen) atoms. The molecule has 2 aliphatic rings. The fourth-order valence-corrected chi connectivity index (χ4v) is 4.11. The van der Waals surface area contributed by atoms with Gasteiger partial charge in [0.15, 0.2) is 11.5 Å². The Morgan fingerprint density at radius 1 is 1.26 bits per heavy atom. The van der Waals surface area contributed by atoms with Crippen molar-refractivity contribution >= 4 is 17.8 Å². The van der Waals surface area contributed by atoms with E-state index in [1.165, 1.54) is 6.26 Å². The summed E-state index contributed by atoms with van der Waals surface area (Å²) >= 11 is 0. The van der Waals surface area contributed by atoms with Crippen LogP contribution in [-0.4, -0.2) is 43.0 Å². The highest BCUT2D eigenvalue weighted by Crippen LogP contribution is 2.39. The summed E-state index contributed by atoms with van der Waals surface area (Å²) in [7, 11) is 3.17. The first-order chi connectivity index (χ1) is 15.0. The molecule has 1 unspecified atom stereocenters. The minimum atomic E-state index is -0.714. The maximum absolute atomic E-state index is 12.5. The van der Waals surface area contributed by atoms with Gasteiger partial charge in [0.05, 0.1) is 33.1 Å². The van der Waals surface area contributed by atoms with Gasteiger partial charge in [-0.15, -0.1) is 0 Å². The zero-order valence-corrected chi connectivity index (χ0v) is 17.5. The van der Waals surface area contributed by atoms with E-state index in [9.17, 15) is 14.4 Å². The Labute approximate surface area is 179 Å². The molecule has 2 heterocycles. The summed E-state index contributed by atoms with van der Waals surface area (Å²) in [4.78, 5) is 38.3. The van der Waals surface area contributed by atoms with Crippen molar-refractivity contribution < 1.29 is 28.3 Å². The monoisotopic (exact) mass is 427 g/mol. The number of carbonyl (C=O) groups excluding carboxylic acids is 3. The Hall–Kier alpha value is -3.49. The summed E-state index contributed by atoms with van der Waals surface area (Å²) in [6.07, 6.45) is 3.47. The average molecular weight is 427 g/mol. The van der Waals surface area contributed by atoms with Crippen LogP contribution in [0.2, 0.25) is 0 Å². The molecule has 164 valence electrons. The van der Waals surface area contributed by atoms with Crippen LogP contribution < -0.4 is 20.1 Å².